The summed E-state index contributed by atoms with van der Waals surface area (Å²) < 4.78 is 0. The fraction of sp³-hybridized carbons (Fsp3) is 0.385. The summed E-state index contributed by atoms with van der Waals surface area (Å²) >= 11 is 0. The van der Waals surface area contributed by atoms with Crippen LogP contribution in [0, 0.1) is 5.92 Å². The molecule has 2 aliphatic rings. The highest BCUT2D eigenvalue weighted by atomic mass is 16.2. The van der Waals surface area contributed by atoms with Crippen LogP contribution in [0.15, 0.2) is 24.3 Å². The molecule has 1 amide bonds. The van der Waals surface area contributed by atoms with Gasteiger partial charge in [-0.25, -0.2) is 0 Å². The van der Waals surface area contributed by atoms with Crippen molar-refractivity contribution in [1.82, 2.24) is 0 Å². The lowest BCUT2D eigenvalue weighted by Gasteiger charge is -2.29. The number of benzene rings is 1. The Hall–Kier alpha value is -1.64. The van der Waals surface area contributed by atoms with E-state index >= 15 is 0 Å². The van der Waals surface area contributed by atoms with Crippen molar-refractivity contribution in [3.63, 3.8) is 0 Å². The van der Waals surface area contributed by atoms with Gasteiger partial charge in [0.25, 0.3) is 11.7 Å². The molecular formula is C13H13NO2. The zero-order valence-electron chi connectivity index (χ0n) is 8.98. The molecule has 3 rings (SSSR count). The number of hydrogen-bond donors (Lipinski definition) is 0. The summed E-state index contributed by atoms with van der Waals surface area (Å²) in [5.74, 6) is -0.120. The summed E-state index contributed by atoms with van der Waals surface area (Å²) in [5.41, 5.74) is 1.36. The second kappa shape index (κ2) is 3.44. The molecule has 1 fully saturated rings. The Morgan fingerprint density at radius 1 is 1.19 bits per heavy atom. The SMILES string of the molecule is O=C1C(=O)N(CC2CCC2)c2ccccc21. The van der Waals surface area contributed by atoms with Crippen LogP contribution in [0.1, 0.15) is 29.6 Å². The highest BCUT2D eigenvalue weighted by Gasteiger charge is 2.37. The predicted molar refractivity (Wildman–Crippen MR) is 60.5 cm³/mol. The Morgan fingerprint density at radius 2 is 1.94 bits per heavy atom. The summed E-state index contributed by atoms with van der Waals surface area (Å²) in [6.07, 6.45) is 3.61. The first kappa shape index (κ1) is 9.58. The fourth-order valence-electron chi connectivity index (χ4n) is 2.36. The van der Waals surface area contributed by atoms with E-state index in [2.05, 4.69) is 0 Å². The van der Waals surface area contributed by atoms with Gasteiger partial charge in [-0.3, -0.25) is 9.59 Å². The third kappa shape index (κ3) is 1.28. The fourth-order valence-corrected chi connectivity index (χ4v) is 2.36. The number of rotatable bonds is 2. The van der Waals surface area contributed by atoms with Gasteiger partial charge in [-0.05, 0) is 30.9 Å². The number of ketones is 1. The van der Waals surface area contributed by atoms with Gasteiger partial charge in [0.15, 0.2) is 0 Å². The highest BCUT2D eigenvalue weighted by molar-refractivity contribution is 6.52. The van der Waals surface area contributed by atoms with Gasteiger partial charge in [-0.1, -0.05) is 18.6 Å². The summed E-state index contributed by atoms with van der Waals surface area (Å²) in [6, 6.07) is 7.27. The van der Waals surface area contributed by atoms with Crippen molar-refractivity contribution in [2.45, 2.75) is 19.3 Å². The molecule has 0 atom stereocenters. The van der Waals surface area contributed by atoms with Crippen LogP contribution in [0.2, 0.25) is 0 Å². The standard InChI is InChI=1S/C13H13NO2/c15-12-10-6-1-2-7-11(10)14(13(12)16)8-9-4-3-5-9/h1-2,6-7,9H,3-5,8H2. The van der Waals surface area contributed by atoms with E-state index in [-0.39, 0.29) is 11.7 Å². The topological polar surface area (TPSA) is 37.4 Å². The number of amides is 1. The van der Waals surface area contributed by atoms with Crippen molar-refractivity contribution in [2.24, 2.45) is 5.92 Å². The molecule has 0 N–H and O–H groups in total. The van der Waals surface area contributed by atoms with Crippen LogP contribution in [0.5, 0.6) is 0 Å². The molecule has 1 aromatic rings. The average Bonchev–Trinajstić information content (AvgIpc) is 2.48. The molecule has 0 spiro atoms. The van der Waals surface area contributed by atoms with Crippen molar-refractivity contribution >= 4 is 17.4 Å². The normalized spacial score (nSPS) is 19.9. The van der Waals surface area contributed by atoms with Crippen molar-refractivity contribution in [3.8, 4) is 0 Å². The number of nitrogens with zero attached hydrogens (tertiary/aromatic N) is 1. The molecule has 3 heteroatoms. The van der Waals surface area contributed by atoms with Crippen molar-refractivity contribution in [1.29, 1.82) is 0 Å². The zero-order valence-corrected chi connectivity index (χ0v) is 8.98. The molecule has 0 unspecified atom stereocenters. The monoisotopic (exact) mass is 215 g/mol. The second-order valence-corrected chi connectivity index (χ2v) is 4.56. The lowest BCUT2D eigenvalue weighted by molar-refractivity contribution is -0.114. The summed E-state index contributed by atoms with van der Waals surface area (Å²) in [6.45, 7) is 0.710. The molecule has 1 heterocycles. The quantitative estimate of drug-likeness (QED) is 0.708. The van der Waals surface area contributed by atoms with Gasteiger partial charge < -0.3 is 4.90 Å². The number of Topliss-reactive ketones (excluding diaryl/α,β-unsaturated/α-hetero) is 1. The summed E-state index contributed by atoms with van der Waals surface area (Å²) in [5, 5.41) is 0. The molecule has 0 saturated heterocycles. The largest absolute Gasteiger partial charge is 0.304 e. The van der Waals surface area contributed by atoms with Crippen LogP contribution in [0.3, 0.4) is 0 Å². The Kier molecular flexibility index (Phi) is 2.06. The number of anilines is 1. The van der Waals surface area contributed by atoms with Crippen LogP contribution in [-0.2, 0) is 4.79 Å². The molecule has 1 aliphatic carbocycles. The summed E-state index contributed by atoms with van der Waals surface area (Å²) in [4.78, 5) is 25.2. The molecule has 0 aromatic heterocycles. The second-order valence-electron chi connectivity index (χ2n) is 4.56. The molecule has 0 bridgehead atoms. The lowest BCUT2D eigenvalue weighted by atomic mass is 9.85. The van der Waals surface area contributed by atoms with E-state index in [1.165, 1.54) is 19.3 Å². The van der Waals surface area contributed by atoms with E-state index < -0.39 is 0 Å². The first-order chi connectivity index (χ1) is 7.77. The summed E-state index contributed by atoms with van der Waals surface area (Å²) in [7, 11) is 0. The van der Waals surface area contributed by atoms with E-state index in [0.29, 0.717) is 18.0 Å². The Bertz CT molecular complexity index is 463. The number of carbonyl (C=O) groups excluding carboxylic acids is 2. The Morgan fingerprint density at radius 3 is 2.62 bits per heavy atom. The van der Waals surface area contributed by atoms with Gasteiger partial charge in [0.2, 0.25) is 0 Å². The van der Waals surface area contributed by atoms with E-state index in [1.54, 1.807) is 17.0 Å². The molecule has 1 saturated carbocycles. The van der Waals surface area contributed by atoms with Gasteiger partial charge in [0.1, 0.15) is 0 Å². The minimum Gasteiger partial charge on any atom is -0.304 e. The third-order valence-electron chi connectivity index (χ3n) is 3.54. The maximum Gasteiger partial charge on any atom is 0.299 e. The molecule has 16 heavy (non-hydrogen) atoms. The van der Waals surface area contributed by atoms with E-state index in [0.717, 1.165) is 5.69 Å². The Labute approximate surface area is 94.1 Å². The van der Waals surface area contributed by atoms with Crippen LogP contribution < -0.4 is 4.90 Å². The van der Waals surface area contributed by atoms with E-state index in [1.807, 2.05) is 12.1 Å². The molecule has 3 nitrogen and oxygen atoms in total. The van der Waals surface area contributed by atoms with Gasteiger partial charge in [-0.15, -0.1) is 0 Å². The van der Waals surface area contributed by atoms with Crippen molar-refractivity contribution in [3.05, 3.63) is 29.8 Å². The lowest BCUT2D eigenvalue weighted by Crippen LogP contribution is -2.36. The minimum atomic E-state index is -0.354. The van der Waals surface area contributed by atoms with Gasteiger partial charge in [0, 0.05) is 6.54 Å². The smallest absolute Gasteiger partial charge is 0.299 e. The maximum absolute atomic E-state index is 11.8. The molecule has 1 aliphatic heterocycles. The van der Waals surface area contributed by atoms with Gasteiger partial charge in [-0.2, -0.15) is 0 Å². The number of hydrogen-bond acceptors (Lipinski definition) is 2. The molecule has 82 valence electrons. The molecule has 0 radical (unpaired) electrons. The first-order valence-corrected chi connectivity index (χ1v) is 5.72. The predicted octanol–water partition coefficient (Wildman–Crippen LogP) is 2.02. The van der Waals surface area contributed by atoms with E-state index in [4.69, 9.17) is 0 Å². The van der Waals surface area contributed by atoms with Crippen LogP contribution in [-0.4, -0.2) is 18.2 Å². The maximum atomic E-state index is 11.8. The van der Waals surface area contributed by atoms with Crippen LogP contribution in [0.4, 0.5) is 5.69 Å². The van der Waals surface area contributed by atoms with E-state index in [9.17, 15) is 9.59 Å². The first-order valence-electron chi connectivity index (χ1n) is 5.72. The van der Waals surface area contributed by atoms with Gasteiger partial charge in [0.05, 0.1) is 11.3 Å². The highest BCUT2D eigenvalue weighted by Crippen LogP contribution is 2.33. The van der Waals surface area contributed by atoms with Crippen molar-refractivity contribution < 1.29 is 9.59 Å². The van der Waals surface area contributed by atoms with Gasteiger partial charge >= 0.3 is 0 Å². The molecular weight excluding hydrogens is 202 g/mol. The number of carbonyl (C=O) groups is 2. The number of para-hydroxylation sites is 1. The average molecular weight is 215 g/mol. The third-order valence-corrected chi connectivity index (χ3v) is 3.54. The Balaban J connectivity index is 1.93. The minimum absolute atomic E-state index is 0.352. The van der Waals surface area contributed by atoms with Crippen LogP contribution >= 0.6 is 0 Å². The van der Waals surface area contributed by atoms with Crippen LogP contribution in [0.25, 0.3) is 0 Å². The molecule has 1 aromatic carbocycles. The zero-order chi connectivity index (χ0) is 11.1. The number of fused-ring (bicyclic) bond motifs is 1. The van der Waals surface area contributed by atoms with Crippen molar-refractivity contribution in [2.75, 3.05) is 11.4 Å².